The minimum absolute atomic E-state index is 0.000713. The average molecular weight is 948 g/mol. The zero-order valence-electron chi connectivity index (χ0n) is 34.7. The van der Waals surface area contributed by atoms with Gasteiger partial charge in [-0.25, -0.2) is 0 Å². The summed E-state index contributed by atoms with van der Waals surface area (Å²) in [6.07, 6.45) is -5.65. The molecule has 0 spiro atoms. The zero-order valence-corrected chi connectivity index (χ0v) is 38.7. The number of amides is 2. The summed E-state index contributed by atoms with van der Waals surface area (Å²) < 4.78 is 84.6. The number of nitrogens with one attached hydrogen (secondary N) is 2. The van der Waals surface area contributed by atoms with E-state index in [0.717, 1.165) is 12.1 Å². The third-order valence-corrected chi connectivity index (χ3v) is 31.5. The first-order valence-electron chi connectivity index (χ1n) is 19.9. The van der Waals surface area contributed by atoms with E-state index in [9.17, 15) is 35.9 Å². The van der Waals surface area contributed by atoms with Crippen LogP contribution in [0, 0.1) is 10.8 Å². The second-order valence-corrected chi connectivity index (χ2v) is 39.2. The topological polar surface area (TPSA) is 58.2 Å². The van der Waals surface area contributed by atoms with Crippen LogP contribution in [0.4, 0.5) is 26.3 Å². The number of benzene rings is 4. The zero-order chi connectivity index (χ0) is 44.4. The fourth-order valence-electron chi connectivity index (χ4n) is 9.03. The van der Waals surface area contributed by atoms with Crippen LogP contribution in [0.2, 0.25) is 0 Å². The normalized spacial score (nSPS) is 17.5. The van der Waals surface area contributed by atoms with Crippen molar-refractivity contribution < 1.29 is 52.1 Å². The average Bonchev–Trinajstić information content (AvgIpc) is 3.79. The van der Waals surface area contributed by atoms with Crippen LogP contribution in [-0.2, 0) is 38.1 Å². The fourth-order valence-corrected chi connectivity index (χ4v) is 30.1. The van der Waals surface area contributed by atoms with Crippen molar-refractivity contribution in [3.8, 4) is 22.3 Å². The third-order valence-electron chi connectivity index (χ3n) is 11.8. The molecule has 2 aliphatic rings. The molecule has 2 amide bonds. The number of carbonyl (C=O) groups is 2. The van der Waals surface area contributed by atoms with Crippen LogP contribution in [0.3, 0.4) is 0 Å². The molecule has 14 heteroatoms. The molecule has 317 valence electrons. The van der Waals surface area contributed by atoms with Crippen LogP contribution in [-0.4, -0.2) is 16.3 Å². The van der Waals surface area contributed by atoms with Crippen LogP contribution in [0.15, 0.2) is 96.1 Å². The first kappa shape index (κ1) is 45.9. The SMILES string of the molecule is CCC(=O)N[B](NC(=O)CC)[Zr]([Cl])([Cl])([CH]1C(C(C)(C)C)=Cc2c(-c3ccccc3C(F)(F)F)cccc21)[CH]1C(C(C)(C)C)=Cc2c(-c3ccccc3C(F)(F)F)cccc21. The van der Waals surface area contributed by atoms with Gasteiger partial charge in [0.1, 0.15) is 0 Å². The molecule has 0 aliphatic heterocycles. The number of carbonyl (C=O) groups excluding carboxylic acids is 2. The van der Waals surface area contributed by atoms with Crippen molar-refractivity contribution in [1.29, 1.82) is 0 Å². The van der Waals surface area contributed by atoms with Crippen molar-refractivity contribution in [3.63, 3.8) is 0 Å². The van der Waals surface area contributed by atoms with Gasteiger partial charge in [-0.05, 0) is 0 Å². The van der Waals surface area contributed by atoms with Crippen LogP contribution >= 0.6 is 17.0 Å². The molecule has 0 aromatic heterocycles. The molecule has 2 atom stereocenters. The molecule has 4 aromatic rings. The molecule has 0 heterocycles. The Morgan fingerprint density at radius 1 is 0.567 bits per heavy atom. The van der Waals surface area contributed by atoms with Gasteiger partial charge in [0.05, 0.1) is 0 Å². The molecular weight excluding hydrogens is 899 g/mol. The van der Waals surface area contributed by atoms with Crippen molar-refractivity contribution in [2.45, 2.75) is 87.8 Å². The van der Waals surface area contributed by atoms with Gasteiger partial charge in [-0.3, -0.25) is 0 Å². The van der Waals surface area contributed by atoms with Gasteiger partial charge >= 0.3 is 358 Å². The second-order valence-electron chi connectivity index (χ2n) is 17.8. The molecule has 0 saturated carbocycles. The monoisotopic (exact) mass is 945 g/mol. The van der Waals surface area contributed by atoms with Crippen molar-refractivity contribution in [2.24, 2.45) is 10.8 Å². The van der Waals surface area contributed by atoms with Gasteiger partial charge < -0.3 is 0 Å². The molecule has 0 radical (unpaired) electrons. The van der Waals surface area contributed by atoms with Crippen LogP contribution in [0.1, 0.15) is 109 Å². The maximum absolute atomic E-state index is 14.6. The van der Waals surface area contributed by atoms with E-state index in [1.807, 2.05) is 53.7 Å². The summed E-state index contributed by atoms with van der Waals surface area (Å²) in [5.41, 5.74) is 0.760. The molecule has 2 aliphatic carbocycles. The molecule has 0 saturated heterocycles. The predicted molar refractivity (Wildman–Crippen MR) is 228 cm³/mol. The Labute approximate surface area is 356 Å². The van der Waals surface area contributed by atoms with Crippen LogP contribution in [0.5, 0.6) is 0 Å². The Morgan fingerprint density at radius 3 is 1.22 bits per heavy atom. The summed E-state index contributed by atoms with van der Waals surface area (Å²) in [5.74, 6) is -0.921. The van der Waals surface area contributed by atoms with E-state index >= 15 is 0 Å². The Kier molecular flexibility index (Phi) is 12.2. The van der Waals surface area contributed by atoms with E-state index in [-0.39, 0.29) is 24.0 Å². The molecule has 4 nitrogen and oxygen atoms in total. The van der Waals surface area contributed by atoms with E-state index in [2.05, 4.69) is 10.5 Å². The van der Waals surface area contributed by atoms with Crippen LogP contribution in [0.25, 0.3) is 34.4 Å². The number of allylic oxidation sites excluding steroid dienone is 2. The Hall–Kier alpha value is -3.59. The van der Waals surface area contributed by atoms with Gasteiger partial charge in [-0.15, -0.1) is 0 Å². The Morgan fingerprint density at radius 2 is 0.900 bits per heavy atom. The van der Waals surface area contributed by atoms with Gasteiger partial charge in [0.15, 0.2) is 0 Å². The molecule has 4 aromatic carbocycles. The quantitative estimate of drug-likeness (QED) is 0.130. The van der Waals surface area contributed by atoms with Gasteiger partial charge in [0.2, 0.25) is 0 Å². The number of hydrogen-bond acceptors (Lipinski definition) is 2. The molecule has 0 bridgehead atoms. The number of alkyl halides is 6. The first-order valence-corrected chi connectivity index (χ1v) is 30.5. The van der Waals surface area contributed by atoms with Crippen molar-refractivity contribution in [2.75, 3.05) is 0 Å². The molecule has 2 unspecified atom stereocenters. The summed E-state index contributed by atoms with van der Waals surface area (Å²) in [6.45, 7) is 15.0. The Bertz CT molecular complexity index is 2270. The number of hydrogen-bond donors (Lipinski definition) is 2. The molecule has 6 rings (SSSR count). The third kappa shape index (κ3) is 8.10. The minimum atomic E-state index is -6.66. The van der Waals surface area contributed by atoms with Crippen molar-refractivity contribution >= 4 is 45.5 Å². The summed E-state index contributed by atoms with van der Waals surface area (Å²) >= 11 is -6.66. The van der Waals surface area contributed by atoms with Gasteiger partial charge in [0, 0.05) is 0 Å². The van der Waals surface area contributed by atoms with Crippen molar-refractivity contribution in [1.82, 2.24) is 10.5 Å². The summed E-state index contributed by atoms with van der Waals surface area (Å²) in [6, 6.07) is 20.8. The second kappa shape index (κ2) is 15.9. The van der Waals surface area contributed by atoms with Crippen LogP contribution < -0.4 is 10.5 Å². The molecule has 0 fully saturated rings. The van der Waals surface area contributed by atoms with E-state index in [0.29, 0.717) is 44.5 Å². The predicted octanol–water partition coefficient (Wildman–Crippen LogP) is 13.8. The maximum atomic E-state index is 14.6. The van der Waals surface area contributed by atoms with Gasteiger partial charge in [-0.1, -0.05) is 0 Å². The van der Waals surface area contributed by atoms with Gasteiger partial charge in [-0.2, -0.15) is 0 Å². The fraction of sp³-hybridized carbons (Fsp3) is 0.348. The number of fused-ring (bicyclic) bond motifs is 2. The standard InChI is InChI=1S/2C20H18F3.C6H11BN2O2.2ClH.Zr/c2*1-19(2,3)14-11-13-7-6-9-15(17(13)12-14)16-8-4-5-10-18(16)20(21,22)23;1-3-5(10)8-7-9-6(11)4-2;;;/h2*4-12H,1-3H3;3-4H2,1-2H3,(H-,8,9,10,11);2*1H;/q;;;;;+1/p-1. The van der Waals surface area contributed by atoms with Crippen molar-refractivity contribution in [3.05, 3.63) is 129 Å². The number of halogens is 8. The molecule has 2 N–H and O–H groups in total. The first-order chi connectivity index (χ1) is 27.7. The van der Waals surface area contributed by atoms with E-state index in [1.54, 1.807) is 62.4 Å². The Balaban J connectivity index is 1.78. The molecular formula is C46H48BCl2F6N2O2Zr. The van der Waals surface area contributed by atoms with E-state index in [4.69, 9.17) is 17.0 Å². The number of rotatable bonds is 9. The summed E-state index contributed by atoms with van der Waals surface area (Å²) in [7, 11) is 17.5. The van der Waals surface area contributed by atoms with E-state index in [1.165, 1.54) is 24.3 Å². The van der Waals surface area contributed by atoms with E-state index < -0.39 is 74.1 Å². The van der Waals surface area contributed by atoms with Gasteiger partial charge in [0.25, 0.3) is 0 Å². The molecule has 60 heavy (non-hydrogen) atoms. The summed E-state index contributed by atoms with van der Waals surface area (Å²) in [5, 5.41) is 6.06. The summed E-state index contributed by atoms with van der Waals surface area (Å²) in [4.78, 5) is 27.4.